The molecule has 0 atom stereocenters. The minimum Gasteiger partial charge on any atom is -0.326 e. The number of hydrogen-bond donors (Lipinski definition) is 2. The van der Waals surface area contributed by atoms with E-state index in [9.17, 15) is 14.4 Å². The van der Waals surface area contributed by atoms with E-state index in [0.29, 0.717) is 5.69 Å². The summed E-state index contributed by atoms with van der Waals surface area (Å²) in [6, 6.07) is 16.7. The molecular weight excluding hydrogens is 412 g/mol. The molecular formula is C23H24N4O3S. The zero-order valence-electron chi connectivity index (χ0n) is 17.4. The van der Waals surface area contributed by atoms with Crippen LogP contribution >= 0.6 is 11.8 Å². The molecule has 8 heteroatoms. The highest BCUT2D eigenvalue weighted by atomic mass is 32.2. The van der Waals surface area contributed by atoms with E-state index in [1.54, 1.807) is 18.7 Å². The third kappa shape index (κ3) is 4.74. The summed E-state index contributed by atoms with van der Waals surface area (Å²) in [5.41, 5.74) is 2.20. The summed E-state index contributed by atoms with van der Waals surface area (Å²) in [5, 5.41) is 5.66. The molecule has 0 spiro atoms. The molecule has 2 N–H and O–H groups in total. The van der Waals surface area contributed by atoms with Crippen LogP contribution in [0.15, 0.2) is 64.3 Å². The summed E-state index contributed by atoms with van der Waals surface area (Å²) >= 11 is 1.37. The van der Waals surface area contributed by atoms with Crippen LogP contribution in [0.25, 0.3) is 5.69 Å². The molecule has 7 nitrogen and oxygen atoms in total. The van der Waals surface area contributed by atoms with Crippen LogP contribution in [-0.4, -0.2) is 26.9 Å². The Morgan fingerprint density at radius 1 is 1.03 bits per heavy atom. The van der Waals surface area contributed by atoms with Crippen molar-refractivity contribution in [3.8, 4) is 5.69 Å². The predicted molar refractivity (Wildman–Crippen MR) is 123 cm³/mol. The van der Waals surface area contributed by atoms with Crippen molar-refractivity contribution in [1.82, 2.24) is 9.36 Å². The van der Waals surface area contributed by atoms with Gasteiger partial charge in [0.05, 0.1) is 17.1 Å². The largest absolute Gasteiger partial charge is 0.326 e. The molecule has 1 aromatic heterocycles. The Kier molecular flexibility index (Phi) is 5.99. The molecule has 0 unspecified atom stereocenters. The van der Waals surface area contributed by atoms with Gasteiger partial charge in [0.15, 0.2) is 0 Å². The third-order valence-corrected chi connectivity index (χ3v) is 6.27. The quantitative estimate of drug-likeness (QED) is 0.555. The first-order valence-electron chi connectivity index (χ1n) is 10.1. The van der Waals surface area contributed by atoms with Gasteiger partial charge in [0, 0.05) is 23.5 Å². The second-order valence-corrected chi connectivity index (χ2v) is 8.61. The monoisotopic (exact) mass is 436 g/mol. The Morgan fingerprint density at radius 3 is 2.35 bits per heavy atom. The first kappa shape index (κ1) is 21.0. The number of amides is 2. The van der Waals surface area contributed by atoms with E-state index in [1.165, 1.54) is 16.4 Å². The minimum atomic E-state index is -0.264. The normalized spacial score (nSPS) is 13.1. The van der Waals surface area contributed by atoms with Crippen LogP contribution in [0, 0.1) is 12.8 Å². The summed E-state index contributed by atoms with van der Waals surface area (Å²) in [4.78, 5) is 38.1. The van der Waals surface area contributed by atoms with Crippen molar-refractivity contribution in [2.45, 2.75) is 24.7 Å². The molecule has 4 rings (SSSR count). The van der Waals surface area contributed by atoms with Gasteiger partial charge in [0.25, 0.3) is 5.56 Å². The predicted octanol–water partition coefficient (Wildman–Crippen LogP) is 3.56. The van der Waals surface area contributed by atoms with Gasteiger partial charge >= 0.3 is 0 Å². The fraction of sp³-hybridized carbons (Fsp3) is 0.261. The highest BCUT2D eigenvalue weighted by Crippen LogP contribution is 2.30. The van der Waals surface area contributed by atoms with Crippen molar-refractivity contribution in [1.29, 1.82) is 0 Å². The average molecular weight is 437 g/mol. The number of carbonyl (C=O) groups is 2. The SMILES string of the molecule is Cc1c(NC(=O)CSc2ccc(NC(=O)C3CC3)cc2)c(=O)n(-c2ccccc2)n1C. The number of thioether (sulfide) groups is 1. The van der Waals surface area contributed by atoms with E-state index >= 15 is 0 Å². The average Bonchev–Trinajstić information content (AvgIpc) is 3.60. The first-order valence-corrected chi connectivity index (χ1v) is 11.1. The molecule has 0 saturated heterocycles. The molecule has 31 heavy (non-hydrogen) atoms. The van der Waals surface area contributed by atoms with Gasteiger partial charge in [-0.15, -0.1) is 11.8 Å². The van der Waals surface area contributed by atoms with E-state index in [2.05, 4.69) is 10.6 Å². The van der Waals surface area contributed by atoms with Gasteiger partial charge in [-0.25, -0.2) is 4.68 Å². The number of aromatic nitrogens is 2. The number of rotatable bonds is 7. The lowest BCUT2D eigenvalue weighted by atomic mass is 10.3. The summed E-state index contributed by atoms with van der Waals surface area (Å²) in [6.07, 6.45) is 1.93. The summed E-state index contributed by atoms with van der Waals surface area (Å²) in [6.45, 7) is 1.80. The number of carbonyl (C=O) groups excluding carboxylic acids is 2. The Labute approximate surface area is 184 Å². The van der Waals surface area contributed by atoms with Gasteiger partial charge in [-0.1, -0.05) is 18.2 Å². The minimum absolute atomic E-state index is 0.0687. The van der Waals surface area contributed by atoms with Crippen LogP contribution in [0.4, 0.5) is 11.4 Å². The van der Waals surface area contributed by atoms with Crippen molar-refractivity contribution >= 4 is 35.0 Å². The number of nitrogens with one attached hydrogen (secondary N) is 2. The lowest BCUT2D eigenvalue weighted by Gasteiger charge is -2.07. The van der Waals surface area contributed by atoms with Gasteiger partial charge in [-0.05, 0) is 56.2 Å². The Bertz CT molecular complexity index is 1160. The van der Waals surface area contributed by atoms with Crippen molar-refractivity contribution in [3.63, 3.8) is 0 Å². The van der Waals surface area contributed by atoms with Crippen molar-refractivity contribution in [3.05, 3.63) is 70.6 Å². The van der Waals surface area contributed by atoms with Crippen molar-refractivity contribution < 1.29 is 9.59 Å². The number of benzene rings is 2. The van der Waals surface area contributed by atoms with Crippen molar-refractivity contribution in [2.24, 2.45) is 13.0 Å². The van der Waals surface area contributed by atoms with Crippen LogP contribution in [0.1, 0.15) is 18.5 Å². The summed E-state index contributed by atoms with van der Waals surface area (Å²) in [7, 11) is 1.79. The zero-order chi connectivity index (χ0) is 22.0. The molecule has 3 aromatic rings. The van der Waals surface area contributed by atoms with E-state index in [1.807, 2.05) is 54.6 Å². The standard InChI is InChI=1S/C23H24N4O3S/c1-15-21(23(30)27(26(15)2)18-6-4-3-5-7-18)25-20(28)14-31-19-12-10-17(11-13-19)24-22(29)16-8-9-16/h3-7,10-13,16H,8-9,14H2,1-2H3,(H,24,29)(H,25,28). The second kappa shape index (κ2) is 8.85. The maximum Gasteiger partial charge on any atom is 0.295 e. The smallest absolute Gasteiger partial charge is 0.295 e. The van der Waals surface area contributed by atoms with Crippen LogP contribution in [0.3, 0.4) is 0 Å². The van der Waals surface area contributed by atoms with E-state index in [-0.39, 0.29) is 34.7 Å². The Balaban J connectivity index is 1.38. The molecule has 0 bridgehead atoms. The fourth-order valence-electron chi connectivity index (χ4n) is 3.26. The number of anilines is 2. The molecule has 1 heterocycles. The topological polar surface area (TPSA) is 85.1 Å². The highest BCUT2D eigenvalue weighted by molar-refractivity contribution is 8.00. The molecule has 1 aliphatic carbocycles. The van der Waals surface area contributed by atoms with Crippen molar-refractivity contribution in [2.75, 3.05) is 16.4 Å². The molecule has 1 fully saturated rings. The van der Waals surface area contributed by atoms with Crippen LogP contribution in [-0.2, 0) is 16.6 Å². The fourth-order valence-corrected chi connectivity index (χ4v) is 3.96. The number of hydrogen-bond acceptors (Lipinski definition) is 4. The molecule has 0 aliphatic heterocycles. The highest BCUT2D eigenvalue weighted by Gasteiger charge is 2.29. The summed E-state index contributed by atoms with van der Waals surface area (Å²) < 4.78 is 3.27. The summed E-state index contributed by atoms with van der Waals surface area (Å²) in [5.74, 6) is 0.152. The Morgan fingerprint density at radius 2 is 1.71 bits per heavy atom. The third-order valence-electron chi connectivity index (χ3n) is 5.26. The molecule has 160 valence electrons. The van der Waals surface area contributed by atoms with E-state index in [4.69, 9.17) is 0 Å². The lowest BCUT2D eigenvalue weighted by molar-refractivity contribution is -0.117. The van der Waals surface area contributed by atoms with Gasteiger partial charge in [-0.2, -0.15) is 0 Å². The number of nitrogens with zero attached hydrogens (tertiary/aromatic N) is 2. The molecule has 2 aromatic carbocycles. The number of para-hydroxylation sites is 1. The molecule has 0 radical (unpaired) electrons. The Hall–Kier alpha value is -3.26. The molecule has 1 saturated carbocycles. The maximum absolute atomic E-state index is 12.9. The van der Waals surface area contributed by atoms with E-state index < -0.39 is 0 Å². The van der Waals surface area contributed by atoms with Gasteiger partial charge in [0.2, 0.25) is 11.8 Å². The lowest BCUT2D eigenvalue weighted by Crippen LogP contribution is -2.23. The van der Waals surface area contributed by atoms with Gasteiger partial charge in [0.1, 0.15) is 5.69 Å². The van der Waals surface area contributed by atoms with Crippen LogP contribution in [0.2, 0.25) is 0 Å². The molecule has 1 aliphatic rings. The first-order chi connectivity index (χ1) is 14.9. The van der Waals surface area contributed by atoms with Gasteiger partial charge < -0.3 is 10.6 Å². The molecule has 2 amide bonds. The van der Waals surface area contributed by atoms with Gasteiger partial charge in [-0.3, -0.25) is 19.1 Å². The second-order valence-electron chi connectivity index (χ2n) is 7.56. The van der Waals surface area contributed by atoms with Crippen LogP contribution in [0.5, 0.6) is 0 Å². The zero-order valence-corrected chi connectivity index (χ0v) is 18.2. The van der Waals surface area contributed by atoms with Crippen LogP contribution < -0.4 is 16.2 Å². The van der Waals surface area contributed by atoms with E-state index in [0.717, 1.165) is 29.1 Å². The maximum atomic E-state index is 12.9.